The normalized spacial score (nSPS) is 26.9. The van der Waals surface area contributed by atoms with Crippen molar-refractivity contribution in [3.05, 3.63) is 0 Å². The van der Waals surface area contributed by atoms with Crippen LogP contribution in [0.25, 0.3) is 0 Å². The van der Waals surface area contributed by atoms with E-state index in [1.54, 1.807) is 0 Å². The molecule has 2 saturated heterocycles. The second-order valence-corrected chi connectivity index (χ2v) is 8.31. The first-order valence-electron chi connectivity index (χ1n) is 11.3. The molecule has 1 unspecified atom stereocenters. The van der Waals surface area contributed by atoms with Crippen LogP contribution in [0, 0.1) is 0 Å². The van der Waals surface area contributed by atoms with Crippen molar-refractivity contribution >= 4 is 5.96 Å². The van der Waals surface area contributed by atoms with Crippen LogP contribution in [0.15, 0.2) is 4.99 Å². The minimum absolute atomic E-state index is 0.393. The molecule has 0 bridgehead atoms. The van der Waals surface area contributed by atoms with Gasteiger partial charge in [0, 0.05) is 52.0 Å². The number of hydrogen-bond acceptors (Lipinski definition) is 4. The summed E-state index contributed by atoms with van der Waals surface area (Å²) in [6, 6.07) is 1.34. The zero-order valence-electron chi connectivity index (χ0n) is 17.3. The van der Waals surface area contributed by atoms with Crippen molar-refractivity contribution in [2.45, 2.75) is 82.4 Å². The summed E-state index contributed by atoms with van der Waals surface area (Å²) in [6.45, 7) is 5.85. The molecular formula is C21H40N4O2. The van der Waals surface area contributed by atoms with Crippen LogP contribution in [0.1, 0.15) is 64.2 Å². The molecule has 0 aromatic rings. The summed E-state index contributed by atoms with van der Waals surface area (Å²) in [5.41, 5.74) is 0. The predicted molar refractivity (Wildman–Crippen MR) is 110 cm³/mol. The molecule has 0 amide bonds. The second kappa shape index (κ2) is 11.9. The van der Waals surface area contributed by atoms with Gasteiger partial charge in [-0.05, 0) is 51.5 Å². The average Bonchev–Trinajstić information content (AvgIpc) is 2.74. The summed E-state index contributed by atoms with van der Waals surface area (Å²) in [5, 5.41) is 7.12. The summed E-state index contributed by atoms with van der Waals surface area (Å²) in [4.78, 5) is 7.16. The number of piperidine rings is 1. The Morgan fingerprint density at radius 2 is 1.89 bits per heavy atom. The van der Waals surface area contributed by atoms with Gasteiger partial charge in [-0.1, -0.05) is 19.3 Å². The lowest BCUT2D eigenvalue weighted by Gasteiger charge is -2.40. The smallest absolute Gasteiger partial charge is 0.191 e. The van der Waals surface area contributed by atoms with Gasteiger partial charge in [0.2, 0.25) is 0 Å². The molecule has 3 aliphatic rings. The Kier molecular flexibility index (Phi) is 9.18. The first-order valence-corrected chi connectivity index (χ1v) is 11.3. The number of ether oxygens (including phenoxy) is 2. The summed E-state index contributed by atoms with van der Waals surface area (Å²) >= 11 is 0. The van der Waals surface area contributed by atoms with E-state index in [-0.39, 0.29) is 0 Å². The third-order valence-electron chi connectivity index (χ3n) is 6.24. The van der Waals surface area contributed by atoms with Gasteiger partial charge in [0.15, 0.2) is 5.96 Å². The molecule has 0 aromatic heterocycles. The zero-order chi connectivity index (χ0) is 18.7. The monoisotopic (exact) mass is 380 g/mol. The number of guanidine groups is 1. The Hall–Kier alpha value is -0.850. The third-order valence-corrected chi connectivity index (χ3v) is 6.24. The van der Waals surface area contributed by atoms with E-state index in [0.29, 0.717) is 12.1 Å². The molecule has 1 aliphatic carbocycles. The molecule has 3 rings (SSSR count). The Bertz CT molecular complexity index is 434. The number of nitrogens with one attached hydrogen (secondary N) is 2. The highest BCUT2D eigenvalue weighted by Crippen LogP contribution is 2.25. The highest BCUT2D eigenvalue weighted by molar-refractivity contribution is 5.79. The molecule has 27 heavy (non-hydrogen) atoms. The number of hydrogen-bond donors (Lipinski definition) is 2. The van der Waals surface area contributed by atoms with Gasteiger partial charge < -0.3 is 20.1 Å². The number of rotatable bonds is 7. The van der Waals surface area contributed by atoms with E-state index < -0.39 is 0 Å². The lowest BCUT2D eigenvalue weighted by Crippen LogP contribution is -2.53. The first kappa shape index (κ1) is 20.9. The van der Waals surface area contributed by atoms with Crippen molar-refractivity contribution in [2.75, 3.05) is 46.5 Å². The molecule has 1 atom stereocenters. The van der Waals surface area contributed by atoms with E-state index in [1.165, 1.54) is 51.5 Å². The van der Waals surface area contributed by atoms with Crippen LogP contribution in [0.4, 0.5) is 0 Å². The Labute approximate surface area is 165 Å². The topological polar surface area (TPSA) is 58.1 Å². The maximum absolute atomic E-state index is 5.94. The van der Waals surface area contributed by atoms with Gasteiger partial charge >= 0.3 is 0 Å². The number of nitrogens with zero attached hydrogens (tertiary/aromatic N) is 2. The fourth-order valence-electron chi connectivity index (χ4n) is 4.66. The van der Waals surface area contributed by atoms with Gasteiger partial charge in [0.05, 0.1) is 6.10 Å². The maximum atomic E-state index is 5.94. The molecule has 0 aromatic carbocycles. The molecule has 156 valence electrons. The number of likely N-dealkylation sites (tertiary alicyclic amines) is 1. The van der Waals surface area contributed by atoms with Crippen LogP contribution in [-0.4, -0.2) is 75.5 Å². The van der Waals surface area contributed by atoms with Crippen molar-refractivity contribution in [1.29, 1.82) is 0 Å². The van der Waals surface area contributed by atoms with E-state index in [1.807, 2.05) is 7.05 Å². The summed E-state index contributed by atoms with van der Waals surface area (Å²) in [7, 11) is 1.87. The maximum Gasteiger partial charge on any atom is 0.191 e. The highest BCUT2D eigenvalue weighted by Gasteiger charge is 2.27. The van der Waals surface area contributed by atoms with E-state index in [4.69, 9.17) is 9.47 Å². The number of aliphatic imine (C=N–C) groups is 1. The van der Waals surface area contributed by atoms with Crippen molar-refractivity contribution in [1.82, 2.24) is 15.5 Å². The third kappa shape index (κ3) is 7.24. The molecule has 0 radical (unpaired) electrons. The highest BCUT2D eigenvalue weighted by atomic mass is 16.5. The Morgan fingerprint density at radius 1 is 1.07 bits per heavy atom. The quantitative estimate of drug-likeness (QED) is 0.404. The molecule has 2 N–H and O–H groups in total. The molecule has 2 heterocycles. The van der Waals surface area contributed by atoms with E-state index in [2.05, 4.69) is 20.5 Å². The van der Waals surface area contributed by atoms with Gasteiger partial charge in [-0.25, -0.2) is 0 Å². The van der Waals surface area contributed by atoms with Crippen molar-refractivity contribution in [3.8, 4) is 0 Å². The standard InChI is InChI=1S/C21H40N4O2/c1-22-21(23-12-6-14-27-20-10-15-26-16-11-20)24-18-7-5-13-25(17-18)19-8-3-2-4-9-19/h18-20H,2-17H2,1H3,(H2,22,23,24). The molecular weight excluding hydrogens is 340 g/mol. The summed E-state index contributed by atoms with van der Waals surface area (Å²) < 4.78 is 11.3. The first-order chi connectivity index (χ1) is 13.3. The van der Waals surface area contributed by atoms with Crippen LogP contribution in [0.2, 0.25) is 0 Å². The molecule has 1 saturated carbocycles. The van der Waals surface area contributed by atoms with Crippen LogP contribution in [0.5, 0.6) is 0 Å². The minimum Gasteiger partial charge on any atom is -0.381 e. The predicted octanol–water partition coefficient (Wildman–Crippen LogP) is 2.53. The second-order valence-electron chi connectivity index (χ2n) is 8.31. The van der Waals surface area contributed by atoms with Gasteiger partial charge in [0.1, 0.15) is 0 Å². The van der Waals surface area contributed by atoms with E-state index in [9.17, 15) is 0 Å². The largest absolute Gasteiger partial charge is 0.381 e. The lowest BCUT2D eigenvalue weighted by molar-refractivity contribution is -0.0320. The van der Waals surface area contributed by atoms with Crippen LogP contribution < -0.4 is 10.6 Å². The molecule has 3 fully saturated rings. The van der Waals surface area contributed by atoms with Gasteiger partial charge in [0.25, 0.3) is 0 Å². The summed E-state index contributed by atoms with van der Waals surface area (Å²) in [5.74, 6) is 0.941. The van der Waals surface area contributed by atoms with Crippen molar-refractivity contribution in [2.24, 2.45) is 4.99 Å². The summed E-state index contributed by atoms with van der Waals surface area (Å²) in [6.07, 6.45) is 13.1. The van der Waals surface area contributed by atoms with Gasteiger partial charge in [-0.15, -0.1) is 0 Å². The van der Waals surface area contributed by atoms with Crippen LogP contribution in [-0.2, 0) is 9.47 Å². The van der Waals surface area contributed by atoms with E-state index in [0.717, 1.165) is 64.2 Å². The molecule has 2 aliphatic heterocycles. The average molecular weight is 381 g/mol. The molecule has 0 spiro atoms. The lowest BCUT2D eigenvalue weighted by atomic mass is 9.92. The molecule has 6 heteroatoms. The van der Waals surface area contributed by atoms with Gasteiger partial charge in [-0.3, -0.25) is 9.89 Å². The van der Waals surface area contributed by atoms with Crippen LogP contribution in [0.3, 0.4) is 0 Å². The van der Waals surface area contributed by atoms with Crippen LogP contribution >= 0.6 is 0 Å². The Morgan fingerprint density at radius 3 is 2.67 bits per heavy atom. The fourth-order valence-corrected chi connectivity index (χ4v) is 4.66. The van der Waals surface area contributed by atoms with Crippen molar-refractivity contribution < 1.29 is 9.47 Å². The van der Waals surface area contributed by atoms with E-state index >= 15 is 0 Å². The van der Waals surface area contributed by atoms with Gasteiger partial charge in [-0.2, -0.15) is 0 Å². The molecule has 6 nitrogen and oxygen atoms in total. The minimum atomic E-state index is 0.393. The SMILES string of the molecule is CN=C(NCCCOC1CCOCC1)NC1CCCN(C2CCCCC2)C1. The zero-order valence-corrected chi connectivity index (χ0v) is 17.3. The van der Waals surface area contributed by atoms with Crippen molar-refractivity contribution in [3.63, 3.8) is 0 Å². The Balaban J connectivity index is 1.30. The fraction of sp³-hybridized carbons (Fsp3) is 0.952.